The first-order chi connectivity index (χ1) is 34.7. The van der Waals surface area contributed by atoms with Crippen molar-refractivity contribution in [2.24, 2.45) is 0 Å². The van der Waals surface area contributed by atoms with Crippen molar-refractivity contribution in [3.63, 3.8) is 0 Å². The molecule has 0 fully saturated rings. The van der Waals surface area contributed by atoms with Crippen LogP contribution in [0.2, 0.25) is 0 Å². The Balaban J connectivity index is 1.06. The maximum Gasteiger partial charge on any atom is 0.143 e. The van der Waals surface area contributed by atoms with Crippen LogP contribution >= 0.6 is 11.3 Å². The summed E-state index contributed by atoms with van der Waals surface area (Å²) in [5.41, 5.74) is 13.0. The van der Waals surface area contributed by atoms with Gasteiger partial charge in [0.05, 0.1) is 21.4 Å². The van der Waals surface area contributed by atoms with E-state index in [1.54, 1.807) is 0 Å². The summed E-state index contributed by atoms with van der Waals surface area (Å²) in [5.74, 6) is 0. The van der Waals surface area contributed by atoms with Gasteiger partial charge in [0.1, 0.15) is 11.2 Å². The summed E-state index contributed by atoms with van der Waals surface area (Å²) in [6.45, 7) is 0. The van der Waals surface area contributed by atoms with Crippen LogP contribution in [-0.2, 0) is 0 Å². The van der Waals surface area contributed by atoms with Crippen LogP contribution in [0.3, 0.4) is 0 Å². The minimum Gasteiger partial charge on any atom is -0.455 e. The molecule has 0 aliphatic heterocycles. The number of benzene rings is 12. The van der Waals surface area contributed by atoms with Gasteiger partial charge in [0.2, 0.25) is 0 Å². The molecule has 3 nitrogen and oxygen atoms in total. The summed E-state index contributed by atoms with van der Waals surface area (Å²) in [5, 5.41) is 14.4. The first kappa shape index (κ1) is 39.1. The van der Waals surface area contributed by atoms with Gasteiger partial charge in [-0.25, -0.2) is 0 Å². The number of hydrogen-bond acceptors (Lipinski definition) is 3. The normalized spacial score (nSPS) is 12.0. The van der Waals surface area contributed by atoms with Gasteiger partial charge in [-0.1, -0.05) is 152 Å². The van der Waals surface area contributed by atoms with Crippen LogP contribution in [0.1, 0.15) is 0 Å². The number of hydrogen-bond donors (Lipinski definition) is 0. The number of aromatic nitrogens is 1. The van der Waals surface area contributed by atoms with E-state index in [4.69, 9.17) is 4.42 Å². The molecule has 15 aromatic rings. The lowest BCUT2D eigenvalue weighted by Crippen LogP contribution is -2.10. The Morgan fingerprint density at radius 2 is 1.01 bits per heavy atom. The van der Waals surface area contributed by atoms with Crippen LogP contribution in [0.4, 0.5) is 17.1 Å². The standard InChI is InChI=1S/C66H40N2OS/c1-2-20-49(21-3-1)68-59-32-30-45(38-56(59)57-37-43-17-6-7-18-44(43)40-61(57)68)47-33-48(64-52-22-9-8-19-46(52)39-58-53-23-10-12-27-62(53)69-65(58)64)36-51(35-47)67(50-31-29-41-15-4-5-16-42(41)34-50)60-26-14-25-55-54-24-11-13-28-63(54)70-66(55)60/h1-40H. The number of anilines is 3. The highest BCUT2D eigenvalue weighted by atomic mass is 32.1. The molecule has 12 aromatic carbocycles. The number of para-hydroxylation sites is 2. The predicted molar refractivity (Wildman–Crippen MR) is 299 cm³/mol. The minimum atomic E-state index is 0.882. The fourth-order valence-electron chi connectivity index (χ4n) is 11.3. The molecule has 0 spiro atoms. The van der Waals surface area contributed by atoms with Crippen LogP contribution in [-0.4, -0.2) is 4.57 Å². The van der Waals surface area contributed by atoms with Gasteiger partial charge in [0, 0.05) is 59.6 Å². The zero-order valence-corrected chi connectivity index (χ0v) is 38.6. The van der Waals surface area contributed by atoms with Crippen molar-refractivity contribution < 1.29 is 4.42 Å². The number of fused-ring (bicyclic) bond motifs is 12. The van der Waals surface area contributed by atoms with Gasteiger partial charge in [-0.3, -0.25) is 0 Å². The maximum atomic E-state index is 6.97. The maximum absolute atomic E-state index is 6.97. The van der Waals surface area contributed by atoms with E-state index in [0.717, 1.165) is 72.3 Å². The monoisotopic (exact) mass is 908 g/mol. The lowest BCUT2D eigenvalue weighted by atomic mass is 9.91. The van der Waals surface area contributed by atoms with Crippen molar-refractivity contribution in [3.05, 3.63) is 243 Å². The molecule has 0 atom stereocenters. The van der Waals surface area contributed by atoms with Crippen LogP contribution in [0.15, 0.2) is 247 Å². The summed E-state index contributed by atoms with van der Waals surface area (Å²) in [6.07, 6.45) is 0. The van der Waals surface area contributed by atoms with E-state index in [9.17, 15) is 0 Å². The van der Waals surface area contributed by atoms with Gasteiger partial charge in [-0.2, -0.15) is 0 Å². The largest absolute Gasteiger partial charge is 0.455 e. The summed E-state index contributed by atoms with van der Waals surface area (Å²) in [4.78, 5) is 2.49. The number of thiophene rings is 1. The average molecular weight is 909 g/mol. The van der Waals surface area contributed by atoms with E-state index >= 15 is 0 Å². The Kier molecular flexibility index (Phi) is 8.53. The van der Waals surface area contributed by atoms with E-state index in [2.05, 4.69) is 252 Å². The van der Waals surface area contributed by atoms with Crippen LogP contribution in [0, 0.1) is 0 Å². The summed E-state index contributed by atoms with van der Waals surface area (Å²) in [6, 6.07) is 89.1. The first-order valence-electron chi connectivity index (χ1n) is 23.9. The smallest absolute Gasteiger partial charge is 0.143 e. The second kappa shape index (κ2) is 15.3. The van der Waals surface area contributed by atoms with Crippen molar-refractivity contribution in [1.82, 2.24) is 4.57 Å². The fourth-order valence-corrected chi connectivity index (χ4v) is 12.5. The zero-order valence-electron chi connectivity index (χ0n) is 37.8. The van der Waals surface area contributed by atoms with Crippen LogP contribution in [0.25, 0.3) is 124 Å². The molecule has 4 heteroatoms. The van der Waals surface area contributed by atoms with E-state index < -0.39 is 0 Å². The van der Waals surface area contributed by atoms with Crippen molar-refractivity contribution in [1.29, 1.82) is 0 Å². The van der Waals surface area contributed by atoms with Gasteiger partial charge >= 0.3 is 0 Å². The molecule has 0 aliphatic carbocycles. The molecule has 0 amide bonds. The molecule has 0 N–H and O–H groups in total. The molecule has 15 rings (SSSR count). The molecule has 0 radical (unpaired) electrons. The molecule has 3 aromatic heterocycles. The Hall–Kier alpha value is -8.96. The molecular formula is C66H40N2OS. The van der Waals surface area contributed by atoms with E-state index in [1.807, 2.05) is 11.3 Å². The molecule has 0 unspecified atom stereocenters. The molecule has 326 valence electrons. The molecule has 0 saturated carbocycles. The highest BCUT2D eigenvalue weighted by molar-refractivity contribution is 7.26. The topological polar surface area (TPSA) is 21.3 Å². The molecular weight excluding hydrogens is 869 g/mol. The lowest BCUT2D eigenvalue weighted by molar-refractivity contribution is 0.670. The predicted octanol–water partition coefficient (Wildman–Crippen LogP) is 19.3. The molecule has 0 aliphatic rings. The van der Waals surface area contributed by atoms with Gasteiger partial charge in [0.25, 0.3) is 0 Å². The van der Waals surface area contributed by atoms with Gasteiger partial charge < -0.3 is 13.9 Å². The van der Waals surface area contributed by atoms with E-state index in [-0.39, 0.29) is 0 Å². The van der Waals surface area contributed by atoms with Crippen LogP contribution < -0.4 is 4.90 Å². The highest BCUT2D eigenvalue weighted by Gasteiger charge is 2.24. The SMILES string of the molecule is c1ccc(-n2c3ccc(-c4cc(-c5c6ccccc6cc6c5oc5ccccc56)cc(N(c5ccc6ccccc6c5)c5cccc6c5sc5ccccc56)c4)cc3c3cc4ccccc4cc32)cc1. The zero-order chi connectivity index (χ0) is 45.9. The fraction of sp³-hybridized carbons (Fsp3) is 0. The van der Waals surface area contributed by atoms with Crippen molar-refractivity contribution in [2.75, 3.05) is 4.90 Å². The van der Waals surface area contributed by atoms with E-state index in [0.29, 0.717) is 0 Å². The Morgan fingerprint density at radius 1 is 0.357 bits per heavy atom. The molecule has 3 heterocycles. The third kappa shape index (κ3) is 6.00. The first-order valence-corrected chi connectivity index (χ1v) is 24.7. The Bertz CT molecular complexity index is 4610. The second-order valence-electron chi connectivity index (χ2n) is 18.5. The van der Waals surface area contributed by atoms with Gasteiger partial charge in [0.15, 0.2) is 0 Å². The third-order valence-corrected chi connectivity index (χ3v) is 15.7. The molecule has 0 saturated heterocycles. The summed E-state index contributed by atoms with van der Waals surface area (Å²) < 4.78 is 11.9. The van der Waals surface area contributed by atoms with Crippen molar-refractivity contribution in [2.45, 2.75) is 0 Å². The third-order valence-electron chi connectivity index (χ3n) is 14.5. The summed E-state index contributed by atoms with van der Waals surface area (Å²) >= 11 is 1.86. The minimum absolute atomic E-state index is 0.882. The average Bonchev–Trinajstić information content (AvgIpc) is 4.09. The quantitative estimate of drug-likeness (QED) is 0.166. The van der Waals surface area contributed by atoms with Gasteiger partial charge in [-0.15, -0.1) is 11.3 Å². The molecule has 70 heavy (non-hydrogen) atoms. The van der Waals surface area contributed by atoms with Gasteiger partial charge in [-0.05, 0) is 140 Å². The second-order valence-corrected chi connectivity index (χ2v) is 19.5. The molecule has 0 bridgehead atoms. The number of furan rings is 1. The Morgan fingerprint density at radius 3 is 1.87 bits per heavy atom. The number of rotatable bonds is 6. The van der Waals surface area contributed by atoms with E-state index in [1.165, 1.54) is 68.9 Å². The van der Waals surface area contributed by atoms with Crippen molar-refractivity contribution in [3.8, 4) is 27.9 Å². The summed E-state index contributed by atoms with van der Waals surface area (Å²) in [7, 11) is 0. The van der Waals surface area contributed by atoms with Crippen LogP contribution in [0.5, 0.6) is 0 Å². The number of nitrogens with zero attached hydrogens (tertiary/aromatic N) is 2. The van der Waals surface area contributed by atoms with Crippen molar-refractivity contribution >= 4 is 125 Å². The lowest BCUT2D eigenvalue weighted by Gasteiger charge is -2.28. The Labute approximate surface area is 406 Å². The highest BCUT2D eigenvalue weighted by Crippen LogP contribution is 2.49.